The third kappa shape index (κ3) is 5.89. The van der Waals surface area contributed by atoms with Gasteiger partial charge in [-0.3, -0.25) is 4.90 Å². The van der Waals surface area contributed by atoms with E-state index in [1.165, 1.54) is 16.7 Å². The van der Waals surface area contributed by atoms with E-state index in [-0.39, 0.29) is 0 Å². The van der Waals surface area contributed by atoms with Crippen LogP contribution >= 0.6 is 0 Å². The molecular weight excluding hydrogens is 230 g/mol. The van der Waals surface area contributed by atoms with Gasteiger partial charge in [0.25, 0.3) is 0 Å². The fourth-order valence-corrected chi connectivity index (χ4v) is 1.93. The summed E-state index contributed by atoms with van der Waals surface area (Å²) >= 11 is 0. The van der Waals surface area contributed by atoms with Crippen LogP contribution in [0.3, 0.4) is 0 Å². The number of rotatable bonds is 6. The molecule has 0 amide bonds. The highest BCUT2D eigenvalue weighted by Crippen LogP contribution is 2.20. The first-order chi connectivity index (χ1) is 9.00. The quantitative estimate of drug-likeness (QED) is 0.649. The van der Waals surface area contributed by atoms with Gasteiger partial charge in [-0.05, 0) is 40.2 Å². The van der Waals surface area contributed by atoms with Crippen molar-refractivity contribution >= 4 is 0 Å². The van der Waals surface area contributed by atoms with Gasteiger partial charge in [-0.25, -0.2) is 0 Å². The van der Waals surface area contributed by atoms with E-state index in [0.717, 1.165) is 13.1 Å². The molecule has 0 aliphatic carbocycles. The second-order valence-corrected chi connectivity index (χ2v) is 5.60. The molecule has 1 nitrogen and oxygen atoms in total. The van der Waals surface area contributed by atoms with Crippen LogP contribution in [0.25, 0.3) is 0 Å². The number of benzene rings is 1. The molecule has 0 unspecified atom stereocenters. The van der Waals surface area contributed by atoms with E-state index in [9.17, 15) is 0 Å². The summed E-state index contributed by atoms with van der Waals surface area (Å²) in [6, 6.07) is 11.2. The summed E-state index contributed by atoms with van der Waals surface area (Å²) in [5.41, 5.74) is 4.14. The smallest absolute Gasteiger partial charge is 0.0326 e. The van der Waals surface area contributed by atoms with Crippen molar-refractivity contribution in [2.75, 3.05) is 13.1 Å². The fraction of sp³-hybridized carbons (Fsp3) is 0.444. The van der Waals surface area contributed by atoms with Gasteiger partial charge >= 0.3 is 0 Å². The van der Waals surface area contributed by atoms with E-state index in [0.29, 0.717) is 6.04 Å². The highest BCUT2D eigenvalue weighted by molar-refractivity contribution is 5.19. The normalized spacial score (nSPS) is 12.1. The zero-order valence-electron chi connectivity index (χ0n) is 13.0. The number of nitrogens with zero attached hydrogens (tertiary/aromatic N) is 1. The molecule has 1 rings (SSSR count). The Labute approximate surface area is 118 Å². The zero-order chi connectivity index (χ0) is 14.3. The van der Waals surface area contributed by atoms with Gasteiger partial charge in [0.05, 0.1) is 0 Å². The molecule has 0 bridgehead atoms. The lowest BCUT2D eigenvalue weighted by atomic mass is 10.1. The van der Waals surface area contributed by atoms with E-state index < -0.39 is 0 Å². The maximum atomic E-state index is 2.50. The van der Waals surface area contributed by atoms with Crippen LogP contribution in [0, 0.1) is 0 Å². The summed E-state index contributed by atoms with van der Waals surface area (Å²) in [5.74, 6) is 0. The molecule has 0 aromatic heterocycles. The molecule has 0 saturated carbocycles. The highest BCUT2D eigenvalue weighted by Gasteiger charge is 2.13. The topological polar surface area (TPSA) is 3.24 Å². The van der Waals surface area contributed by atoms with Gasteiger partial charge in [0.1, 0.15) is 0 Å². The molecule has 0 fully saturated rings. The Morgan fingerprint density at radius 3 is 1.84 bits per heavy atom. The first-order valence-electron chi connectivity index (χ1n) is 7.06. The van der Waals surface area contributed by atoms with Crippen LogP contribution in [0.4, 0.5) is 0 Å². The molecule has 0 aliphatic rings. The molecule has 0 heterocycles. The highest BCUT2D eigenvalue weighted by atomic mass is 15.1. The van der Waals surface area contributed by atoms with Crippen molar-refractivity contribution in [2.45, 2.75) is 40.7 Å². The molecular formula is C18H27N. The summed E-state index contributed by atoms with van der Waals surface area (Å²) in [4.78, 5) is 2.50. The fourth-order valence-electron chi connectivity index (χ4n) is 1.93. The summed E-state index contributed by atoms with van der Waals surface area (Å²) in [7, 11) is 0. The Kier molecular flexibility index (Phi) is 6.58. The van der Waals surface area contributed by atoms with Crippen molar-refractivity contribution in [3.05, 3.63) is 59.2 Å². The Hall–Kier alpha value is -1.34. The number of allylic oxidation sites excluding steroid dienone is 2. The van der Waals surface area contributed by atoms with Gasteiger partial charge in [-0.15, -0.1) is 0 Å². The van der Waals surface area contributed by atoms with E-state index in [2.05, 4.69) is 82.0 Å². The first kappa shape index (κ1) is 15.7. The zero-order valence-corrected chi connectivity index (χ0v) is 13.0. The van der Waals surface area contributed by atoms with Crippen LogP contribution < -0.4 is 0 Å². The second-order valence-electron chi connectivity index (χ2n) is 5.60. The van der Waals surface area contributed by atoms with E-state index in [1.54, 1.807) is 0 Å². The molecule has 1 atom stereocenters. The molecule has 0 spiro atoms. The van der Waals surface area contributed by atoms with Crippen LogP contribution in [-0.4, -0.2) is 18.0 Å². The Morgan fingerprint density at radius 1 is 0.947 bits per heavy atom. The van der Waals surface area contributed by atoms with Crippen molar-refractivity contribution in [3.63, 3.8) is 0 Å². The van der Waals surface area contributed by atoms with Crippen LogP contribution in [-0.2, 0) is 0 Å². The Balaban J connectivity index is 2.82. The monoisotopic (exact) mass is 257 g/mol. The van der Waals surface area contributed by atoms with Crippen molar-refractivity contribution in [1.29, 1.82) is 0 Å². The molecule has 0 N–H and O–H groups in total. The summed E-state index contributed by atoms with van der Waals surface area (Å²) in [6.07, 6.45) is 4.61. The van der Waals surface area contributed by atoms with Crippen LogP contribution in [0.15, 0.2) is 53.6 Å². The van der Waals surface area contributed by atoms with E-state index in [4.69, 9.17) is 0 Å². The minimum atomic E-state index is 0.437. The van der Waals surface area contributed by atoms with Crippen molar-refractivity contribution < 1.29 is 0 Å². The lowest BCUT2D eigenvalue weighted by molar-refractivity contribution is 0.259. The molecule has 0 aliphatic heterocycles. The van der Waals surface area contributed by atoms with E-state index >= 15 is 0 Å². The van der Waals surface area contributed by atoms with Crippen molar-refractivity contribution in [2.24, 2.45) is 0 Å². The van der Waals surface area contributed by atoms with Gasteiger partial charge in [-0.1, -0.05) is 53.6 Å². The van der Waals surface area contributed by atoms with Crippen molar-refractivity contribution in [1.82, 2.24) is 4.90 Å². The number of hydrogen-bond donors (Lipinski definition) is 0. The lowest BCUT2D eigenvalue weighted by Gasteiger charge is -2.27. The first-order valence-corrected chi connectivity index (χ1v) is 7.06. The maximum Gasteiger partial charge on any atom is 0.0326 e. The van der Waals surface area contributed by atoms with Gasteiger partial charge < -0.3 is 0 Å². The van der Waals surface area contributed by atoms with Crippen molar-refractivity contribution in [3.8, 4) is 0 Å². The average Bonchev–Trinajstić information content (AvgIpc) is 2.38. The average molecular weight is 257 g/mol. The Morgan fingerprint density at radius 2 is 1.42 bits per heavy atom. The molecule has 1 aromatic carbocycles. The largest absolute Gasteiger partial charge is 0.289 e. The van der Waals surface area contributed by atoms with E-state index in [1.807, 2.05) is 0 Å². The van der Waals surface area contributed by atoms with Gasteiger partial charge in [0, 0.05) is 19.1 Å². The lowest BCUT2D eigenvalue weighted by Crippen LogP contribution is -2.27. The minimum Gasteiger partial charge on any atom is -0.289 e. The molecule has 19 heavy (non-hydrogen) atoms. The standard InChI is InChI=1S/C18H27N/c1-15(2)11-13-19(14-12-16(3)4)17(5)18-9-7-6-8-10-18/h6-12,17H,13-14H2,1-5H3/t17-/m0/s1. The molecule has 1 aromatic rings. The van der Waals surface area contributed by atoms with Crippen LogP contribution in [0.5, 0.6) is 0 Å². The van der Waals surface area contributed by atoms with Gasteiger partial charge in [0.15, 0.2) is 0 Å². The number of hydrogen-bond acceptors (Lipinski definition) is 1. The molecule has 0 saturated heterocycles. The molecule has 0 radical (unpaired) electrons. The Bertz CT molecular complexity index is 400. The predicted octanol–water partition coefficient (Wildman–Crippen LogP) is 4.98. The SMILES string of the molecule is CC(C)=CCN(CC=C(C)C)[C@@H](C)c1ccccc1. The van der Waals surface area contributed by atoms with Gasteiger partial charge in [-0.2, -0.15) is 0 Å². The molecule has 104 valence electrons. The third-order valence-corrected chi connectivity index (χ3v) is 3.30. The minimum absolute atomic E-state index is 0.437. The maximum absolute atomic E-state index is 2.50. The predicted molar refractivity (Wildman–Crippen MR) is 85.3 cm³/mol. The summed E-state index contributed by atoms with van der Waals surface area (Å²) in [5, 5.41) is 0. The van der Waals surface area contributed by atoms with Gasteiger partial charge in [0.2, 0.25) is 0 Å². The second kappa shape index (κ2) is 7.96. The third-order valence-electron chi connectivity index (χ3n) is 3.30. The van der Waals surface area contributed by atoms with Crippen LogP contribution in [0.1, 0.15) is 46.2 Å². The van der Waals surface area contributed by atoms with Crippen LogP contribution in [0.2, 0.25) is 0 Å². The molecule has 1 heteroatoms. The summed E-state index contributed by atoms with van der Waals surface area (Å²) < 4.78 is 0. The summed E-state index contributed by atoms with van der Waals surface area (Å²) in [6.45, 7) is 12.9.